The summed E-state index contributed by atoms with van der Waals surface area (Å²) in [6.45, 7) is 10.5. The number of nitrogens with one attached hydrogen (secondary N) is 1. The summed E-state index contributed by atoms with van der Waals surface area (Å²) in [6, 6.07) is 3.17. The van der Waals surface area contributed by atoms with E-state index in [1.54, 1.807) is 12.1 Å². The highest BCUT2D eigenvalue weighted by atomic mass is 35.5. The zero-order valence-electron chi connectivity index (χ0n) is 17.7. The molecule has 1 amide bonds. The van der Waals surface area contributed by atoms with Gasteiger partial charge in [-0.05, 0) is 50.4 Å². The molecule has 10 heteroatoms. The molecular formula is C20H33ClN4O3S2. The molecule has 2 saturated heterocycles. The minimum absolute atomic E-state index is 0.0807. The molecule has 3 rings (SSSR count). The van der Waals surface area contributed by atoms with Gasteiger partial charge in [-0.25, -0.2) is 8.42 Å². The number of nitrogens with zero attached hydrogens (tertiary/aromatic N) is 3. The molecule has 0 radical (unpaired) electrons. The zero-order chi connectivity index (χ0) is 21.6. The molecule has 1 aromatic heterocycles. The highest BCUT2D eigenvalue weighted by molar-refractivity contribution is 7.91. The Labute approximate surface area is 189 Å². The predicted molar refractivity (Wildman–Crippen MR) is 122 cm³/mol. The Morgan fingerprint density at radius 1 is 1.13 bits per heavy atom. The fourth-order valence-electron chi connectivity index (χ4n) is 4.11. The number of sulfonamides is 1. The summed E-state index contributed by atoms with van der Waals surface area (Å²) in [5.74, 6) is 0.322. The van der Waals surface area contributed by atoms with E-state index in [1.165, 1.54) is 4.31 Å². The van der Waals surface area contributed by atoms with Gasteiger partial charge in [-0.2, -0.15) is 4.31 Å². The van der Waals surface area contributed by atoms with Crippen molar-refractivity contribution >= 4 is 38.9 Å². The van der Waals surface area contributed by atoms with Gasteiger partial charge in [0, 0.05) is 52.2 Å². The lowest BCUT2D eigenvalue weighted by molar-refractivity contribution is -0.122. The van der Waals surface area contributed by atoms with Crippen LogP contribution in [0.4, 0.5) is 0 Å². The normalized spacial score (nSPS) is 20.5. The quantitative estimate of drug-likeness (QED) is 0.554. The molecule has 30 heavy (non-hydrogen) atoms. The van der Waals surface area contributed by atoms with Crippen LogP contribution in [0.1, 0.15) is 32.6 Å². The third-order valence-corrected chi connectivity index (χ3v) is 9.67. The number of halogens is 1. The Morgan fingerprint density at radius 3 is 2.40 bits per heavy atom. The summed E-state index contributed by atoms with van der Waals surface area (Å²) in [5.41, 5.74) is 0. The number of amides is 1. The summed E-state index contributed by atoms with van der Waals surface area (Å²) in [4.78, 5) is 17.2. The molecule has 0 atom stereocenters. The lowest BCUT2D eigenvalue weighted by Crippen LogP contribution is -2.46. The van der Waals surface area contributed by atoms with E-state index in [9.17, 15) is 13.2 Å². The van der Waals surface area contributed by atoms with Gasteiger partial charge in [0.1, 0.15) is 4.21 Å². The highest BCUT2D eigenvalue weighted by Crippen LogP contribution is 2.31. The van der Waals surface area contributed by atoms with E-state index >= 15 is 0 Å². The van der Waals surface area contributed by atoms with E-state index < -0.39 is 10.0 Å². The Balaban J connectivity index is 1.31. The van der Waals surface area contributed by atoms with E-state index in [1.807, 2.05) is 0 Å². The SMILES string of the molecule is CCN1CCN(CCCNC(=O)CC2CCN(S(=O)(=O)c3ccc(Cl)s3)CC2)CC1. The predicted octanol–water partition coefficient (Wildman–Crippen LogP) is 2.34. The van der Waals surface area contributed by atoms with Gasteiger partial charge in [-0.1, -0.05) is 18.5 Å². The summed E-state index contributed by atoms with van der Waals surface area (Å²) >= 11 is 6.97. The Hall–Kier alpha value is -0.710. The number of carbonyl (C=O) groups is 1. The van der Waals surface area contributed by atoms with Crippen LogP contribution < -0.4 is 5.32 Å². The molecule has 2 fully saturated rings. The van der Waals surface area contributed by atoms with Gasteiger partial charge >= 0.3 is 0 Å². The van der Waals surface area contributed by atoms with E-state index in [0.717, 1.165) is 57.0 Å². The molecule has 3 heterocycles. The standard InChI is InChI=1S/C20H33ClN4O3S2/c1-2-23-12-14-24(15-13-23)9-3-8-22-19(26)16-17-6-10-25(11-7-17)30(27,28)20-5-4-18(21)29-20/h4-5,17H,2-3,6-16H2,1H3,(H,22,26). The van der Waals surface area contributed by atoms with Crippen molar-refractivity contribution in [3.63, 3.8) is 0 Å². The monoisotopic (exact) mass is 476 g/mol. The number of hydrogen-bond donors (Lipinski definition) is 1. The van der Waals surface area contributed by atoms with Gasteiger partial charge in [0.25, 0.3) is 10.0 Å². The Bertz CT molecular complexity index is 786. The number of thiophene rings is 1. The first kappa shape index (κ1) is 23.9. The Kier molecular flexibility index (Phi) is 8.97. The molecule has 0 spiro atoms. The van der Waals surface area contributed by atoms with Crippen LogP contribution in [-0.2, 0) is 14.8 Å². The van der Waals surface area contributed by atoms with Crippen molar-refractivity contribution in [2.24, 2.45) is 5.92 Å². The first-order valence-corrected chi connectivity index (χ1v) is 13.5. The largest absolute Gasteiger partial charge is 0.356 e. The lowest BCUT2D eigenvalue weighted by Gasteiger charge is -2.34. The lowest BCUT2D eigenvalue weighted by atomic mass is 9.94. The van der Waals surface area contributed by atoms with Crippen LogP contribution in [0, 0.1) is 5.92 Å². The topological polar surface area (TPSA) is 73.0 Å². The maximum atomic E-state index is 12.7. The van der Waals surface area contributed by atoms with Crippen LogP contribution in [0.2, 0.25) is 4.34 Å². The molecule has 0 saturated carbocycles. The van der Waals surface area contributed by atoms with Gasteiger partial charge in [-0.3, -0.25) is 4.79 Å². The van der Waals surface area contributed by atoms with Gasteiger partial charge in [0.2, 0.25) is 5.91 Å². The minimum Gasteiger partial charge on any atom is -0.356 e. The van der Waals surface area contributed by atoms with Gasteiger partial charge < -0.3 is 15.1 Å². The second-order valence-electron chi connectivity index (χ2n) is 8.09. The molecule has 0 bridgehead atoms. The third kappa shape index (κ3) is 6.64. The van der Waals surface area contributed by atoms with E-state index in [-0.39, 0.29) is 11.8 Å². The summed E-state index contributed by atoms with van der Waals surface area (Å²) in [7, 11) is -3.47. The van der Waals surface area contributed by atoms with Crippen LogP contribution in [0.5, 0.6) is 0 Å². The highest BCUT2D eigenvalue weighted by Gasteiger charge is 2.31. The van der Waals surface area contributed by atoms with Crippen LogP contribution >= 0.6 is 22.9 Å². The van der Waals surface area contributed by atoms with Crippen LogP contribution in [-0.4, -0.2) is 87.3 Å². The van der Waals surface area contributed by atoms with Gasteiger partial charge in [0.15, 0.2) is 0 Å². The van der Waals surface area contributed by atoms with E-state index in [0.29, 0.717) is 47.4 Å². The second kappa shape index (κ2) is 11.2. The fourth-order valence-corrected chi connectivity index (χ4v) is 7.22. The first-order valence-electron chi connectivity index (χ1n) is 10.9. The molecule has 2 aliphatic heterocycles. The van der Waals surface area contributed by atoms with Crippen molar-refractivity contribution in [2.45, 2.75) is 36.8 Å². The first-order chi connectivity index (χ1) is 14.4. The summed E-state index contributed by atoms with van der Waals surface area (Å²) < 4.78 is 27.6. The molecule has 2 aliphatic rings. The average Bonchev–Trinajstić information content (AvgIpc) is 3.19. The summed E-state index contributed by atoms with van der Waals surface area (Å²) in [5, 5.41) is 3.04. The molecule has 0 unspecified atom stereocenters. The van der Waals surface area contributed by atoms with Gasteiger partial charge in [0.05, 0.1) is 4.34 Å². The number of rotatable bonds is 9. The van der Waals surface area contributed by atoms with Crippen molar-refractivity contribution in [3.8, 4) is 0 Å². The number of piperazine rings is 1. The van der Waals surface area contributed by atoms with Crippen molar-refractivity contribution in [1.29, 1.82) is 0 Å². The molecule has 0 aromatic carbocycles. The molecule has 0 aliphatic carbocycles. The van der Waals surface area contributed by atoms with Crippen molar-refractivity contribution < 1.29 is 13.2 Å². The van der Waals surface area contributed by atoms with Crippen LogP contribution in [0.25, 0.3) is 0 Å². The van der Waals surface area contributed by atoms with Gasteiger partial charge in [-0.15, -0.1) is 11.3 Å². The maximum Gasteiger partial charge on any atom is 0.252 e. The smallest absolute Gasteiger partial charge is 0.252 e. The van der Waals surface area contributed by atoms with Crippen molar-refractivity contribution in [3.05, 3.63) is 16.5 Å². The van der Waals surface area contributed by atoms with E-state index in [2.05, 4.69) is 22.0 Å². The number of likely N-dealkylation sites (N-methyl/N-ethyl adjacent to an activating group) is 1. The van der Waals surface area contributed by atoms with E-state index in [4.69, 9.17) is 11.6 Å². The van der Waals surface area contributed by atoms with Crippen molar-refractivity contribution in [1.82, 2.24) is 19.4 Å². The molecule has 1 aromatic rings. The fraction of sp³-hybridized carbons (Fsp3) is 0.750. The Morgan fingerprint density at radius 2 is 1.80 bits per heavy atom. The average molecular weight is 477 g/mol. The molecular weight excluding hydrogens is 444 g/mol. The third-order valence-electron chi connectivity index (χ3n) is 6.08. The summed E-state index contributed by atoms with van der Waals surface area (Å²) in [6.07, 6.45) is 2.88. The number of carbonyl (C=O) groups excluding carboxylic acids is 1. The van der Waals surface area contributed by atoms with Crippen molar-refractivity contribution in [2.75, 3.05) is 58.9 Å². The minimum atomic E-state index is -3.47. The zero-order valence-corrected chi connectivity index (χ0v) is 20.1. The number of hydrogen-bond acceptors (Lipinski definition) is 6. The number of piperidine rings is 1. The molecule has 170 valence electrons. The van der Waals surface area contributed by atoms with Crippen LogP contribution in [0.3, 0.4) is 0 Å². The molecule has 1 N–H and O–H groups in total. The van der Waals surface area contributed by atoms with Crippen LogP contribution in [0.15, 0.2) is 16.3 Å². The second-order valence-corrected chi connectivity index (χ2v) is 12.0. The maximum absolute atomic E-state index is 12.7. The molecule has 7 nitrogen and oxygen atoms in total.